The molecule has 2 N–H and O–H groups in total. The summed E-state index contributed by atoms with van der Waals surface area (Å²) in [4.78, 5) is 9.93. The zero-order valence-electron chi connectivity index (χ0n) is 5.58. The van der Waals surface area contributed by atoms with Gasteiger partial charge in [0.2, 0.25) is 6.41 Å². The number of hydrogen-bond donors (Lipinski definition) is 2. The van der Waals surface area contributed by atoms with Gasteiger partial charge in [0.25, 0.3) is 0 Å². The maximum atomic E-state index is 9.93. The van der Waals surface area contributed by atoms with E-state index in [0.717, 1.165) is 5.70 Å². The fourth-order valence-electron chi connectivity index (χ4n) is 0.865. The van der Waals surface area contributed by atoms with E-state index in [1.54, 1.807) is 6.08 Å². The Morgan fingerprint density at radius 3 is 3.10 bits per heavy atom. The van der Waals surface area contributed by atoms with Crippen molar-refractivity contribution in [3.05, 3.63) is 11.8 Å². The molecule has 1 aliphatic heterocycles. The molecule has 0 aliphatic carbocycles. The Hall–Kier alpha value is -0.870. The smallest absolute Gasteiger partial charge is 0.211 e. The van der Waals surface area contributed by atoms with Crippen LogP contribution in [0.2, 0.25) is 0 Å². The first-order valence-electron chi connectivity index (χ1n) is 3.16. The lowest BCUT2D eigenvalue weighted by molar-refractivity contribution is -0.109. The van der Waals surface area contributed by atoms with Crippen molar-refractivity contribution in [3.8, 4) is 0 Å². The normalized spacial score (nSPS) is 19.9. The minimum absolute atomic E-state index is 0.496. The van der Waals surface area contributed by atoms with E-state index in [-0.39, 0.29) is 0 Å². The Labute approximate surface area is 59.1 Å². The highest BCUT2D eigenvalue weighted by Gasteiger charge is 2.07. The maximum Gasteiger partial charge on any atom is 0.211 e. The molecule has 4 nitrogen and oxygen atoms in total. The average molecular weight is 142 g/mol. The third kappa shape index (κ3) is 1.82. The number of nitrogens with zero attached hydrogens (tertiary/aromatic N) is 1. The van der Waals surface area contributed by atoms with Crippen LogP contribution in [0.15, 0.2) is 11.8 Å². The van der Waals surface area contributed by atoms with Crippen molar-refractivity contribution in [2.75, 3.05) is 13.1 Å². The largest absolute Gasteiger partial charge is 0.333 e. The molecule has 56 valence electrons. The van der Waals surface area contributed by atoms with E-state index < -0.39 is 0 Å². The van der Waals surface area contributed by atoms with Crippen molar-refractivity contribution in [1.29, 1.82) is 0 Å². The highest BCUT2D eigenvalue weighted by Crippen LogP contribution is 2.03. The van der Waals surface area contributed by atoms with Crippen LogP contribution in [0, 0.1) is 0 Å². The van der Waals surface area contributed by atoms with Gasteiger partial charge in [-0.05, 0) is 6.08 Å². The zero-order valence-corrected chi connectivity index (χ0v) is 5.58. The number of nitrogens with one attached hydrogen (secondary N) is 1. The molecule has 0 radical (unpaired) electrons. The molecule has 0 saturated heterocycles. The summed E-state index contributed by atoms with van der Waals surface area (Å²) < 4.78 is 0. The van der Waals surface area contributed by atoms with E-state index in [9.17, 15) is 4.79 Å². The van der Waals surface area contributed by atoms with Gasteiger partial charge < -0.3 is 10.5 Å². The topological polar surface area (TPSA) is 52.6 Å². The van der Waals surface area contributed by atoms with Crippen molar-refractivity contribution >= 4 is 6.41 Å². The van der Waals surface area contributed by atoms with Crippen LogP contribution >= 0.6 is 0 Å². The molecule has 0 aromatic heterocycles. The second-order valence-corrected chi connectivity index (χ2v) is 2.15. The number of rotatable bonds is 2. The quantitative estimate of drug-likeness (QED) is 0.521. The summed E-state index contributed by atoms with van der Waals surface area (Å²) in [6.07, 6.45) is 3.14. The van der Waals surface area contributed by atoms with Crippen LogP contribution in [-0.4, -0.2) is 29.8 Å². The minimum atomic E-state index is 0.496. The fraction of sp³-hybridized carbons (Fsp3) is 0.500. The van der Waals surface area contributed by atoms with Gasteiger partial charge >= 0.3 is 0 Å². The Bertz CT molecular complexity index is 156. The molecular weight excluding hydrogens is 132 g/mol. The second-order valence-electron chi connectivity index (χ2n) is 2.15. The van der Waals surface area contributed by atoms with Crippen molar-refractivity contribution in [3.63, 3.8) is 0 Å². The van der Waals surface area contributed by atoms with Crippen molar-refractivity contribution in [1.82, 2.24) is 10.4 Å². The summed E-state index contributed by atoms with van der Waals surface area (Å²) in [6.45, 7) is 1.09. The lowest BCUT2D eigenvalue weighted by atomic mass is 10.2. The maximum absolute atomic E-state index is 9.93. The molecule has 0 unspecified atom stereocenters. The van der Waals surface area contributed by atoms with Crippen LogP contribution in [0.25, 0.3) is 0 Å². The van der Waals surface area contributed by atoms with Crippen molar-refractivity contribution < 1.29 is 10.0 Å². The standard InChI is InChI=1S/C6H10N2O2/c9-5-7-6-1-3-8(10)4-2-6/h1,5,10H,2-4H2,(H,7,9). The number of hydrogen-bond acceptors (Lipinski definition) is 3. The lowest BCUT2D eigenvalue weighted by Crippen LogP contribution is -2.28. The first kappa shape index (κ1) is 7.24. The van der Waals surface area contributed by atoms with Gasteiger partial charge in [-0.2, -0.15) is 5.06 Å². The summed E-state index contributed by atoms with van der Waals surface area (Å²) >= 11 is 0. The predicted octanol–water partition coefficient (Wildman–Crippen LogP) is -0.289. The Morgan fingerprint density at radius 1 is 1.80 bits per heavy atom. The highest BCUT2D eigenvalue weighted by molar-refractivity contribution is 5.50. The summed E-state index contributed by atoms with van der Waals surface area (Å²) in [5.41, 5.74) is 0.889. The van der Waals surface area contributed by atoms with Gasteiger partial charge in [-0.15, -0.1) is 0 Å². The molecule has 0 aromatic rings. The lowest BCUT2D eigenvalue weighted by Gasteiger charge is -2.19. The molecule has 0 saturated carbocycles. The third-order valence-corrected chi connectivity index (χ3v) is 1.43. The molecule has 1 rings (SSSR count). The van der Waals surface area contributed by atoms with Crippen LogP contribution in [0.5, 0.6) is 0 Å². The van der Waals surface area contributed by atoms with Crippen LogP contribution in [-0.2, 0) is 4.79 Å². The summed E-state index contributed by atoms with van der Waals surface area (Å²) in [5.74, 6) is 0. The van der Waals surface area contributed by atoms with Crippen LogP contribution in [0.1, 0.15) is 6.42 Å². The zero-order chi connectivity index (χ0) is 7.40. The fourth-order valence-corrected chi connectivity index (χ4v) is 0.865. The van der Waals surface area contributed by atoms with Crippen LogP contribution in [0.3, 0.4) is 0 Å². The molecule has 1 heterocycles. The first-order valence-corrected chi connectivity index (χ1v) is 3.16. The Balaban J connectivity index is 2.40. The van der Waals surface area contributed by atoms with E-state index >= 15 is 0 Å². The molecule has 4 heteroatoms. The Kier molecular flexibility index (Phi) is 2.42. The number of carbonyl (C=O) groups is 1. The number of hydroxylamine groups is 2. The van der Waals surface area contributed by atoms with Crippen molar-refractivity contribution in [2.24, 2.45) is 0 Å². The number of carbonyl (C=O) groups excluding carboxylic acids is 1. The highest BCUT2D eigenvalue weighted by atomic mass is 16.5. The van der Waals surface area contributed by atoms with Gasteiger partial charge in [0.15, 0.2) is 0 Å². The molecule has 0 bridgehead atoms. The molecule has 1 amide bonds. The van der Waals surface area contributed by atoms with E-state index in [2.05, 4.69) is 5.32 Å². The van der Waals surface area contributed by atoms with Crippen LogP contribution < -0.4 is 5.32 Å². The minimum Gasteiger partial charge on any atom is -0.333 e. The van der Waals surface area contributed by atoms with E-state index in [0.29, 0.717) is 25.9 Å². The van der Waals surface area contributed by atoms with Gasteiger partial charge in [-0.25, -0.2) is 0 Å². The summed E-state index contributed by atoms with van der Waals surface area (Å²) in [6, 6.07) is 0. The van der Waals surface area contributed by atoms with Gasteiger partial charge in [-0.3, -0.25) is 4.79 Å². The van der Waals surface area contributed by atoms with Gasteiger partial charge in [0.1, 0.15) is 0 Å². The third-order valence-electron chi connectivity index (χ3n) is 1.43. The molecule has 0 atom stereocenters. The van der Waals surface area contributed by atoms with Gasteiger partial charge in [0.05, 0.1) is 0 Å². The van der Waals surface area contributed by atoms with E-state index in [1.165, 1.54) is 5.06 Å². The number of amides is 1. The summed E-state index contributed by atoms with van der Waals surface area (Å²) in [7, 11) is 0. The van der Waals surface area contributed by atoms with E-state index in [1.807, 2.05) is 0 Å². The SMILES string of the molecule is O=CNC1=CCN(O)CC1. The van der Waals surface area contributed by atoms with Gasteiger partial charge in [-0.1, -0.05) is 0 Å². The molecule has 1 aliphatic rings. The van der Waals surface area contributed by atoms with E-state index in [4.69, 9.17) is 5.21 Å². The average Bonchev–Trinajstić information content (AvgIpc) is 1.95. The van der Waals surface area contributed by atoms with Crippen LogP contribution in [0.4, 0.5) is 0 Å². The molecule has 0 aromatic carbocycles. The summed E-state index contributed by atoms with van der Waals surface area (Å²) in [5, 5.41) is 12.6. The molecule has 10 heavy (non-hydrogen) atoms. The monoisotopic (exact) mass is 142 g/mol. The predicted molar refractivity (Wildman–Crippen MR) is 35.3 cm³/mol. The van der Waals surface area contributed by atoms with Gasteiger partial charge in [0, 0.05) is 25.2 Å². The molecule has 0 fully saturated rings. The second kappa shape index (κ2) is 3.34. The van der Waals surface area contributed by atoms with Crippen molar-refractivity contribution in [2.45, 2.75) is 6.42 Å². The molecule has 0 spiro atoms. The Morgan fingerprint density at radius 2 is 2.60 bits per heavy atom. The first-order chi connectivity index (χ1) is 4.83. The molecular formula is C6H10N2O2.